The third-order valence-corrected chi connectivity index (χ3v) is 5.93. The maximum atomic E-state index is 12.9. The second kappa shape index (κ2) is 7.24. The van der Waals surface area contributed by atoms with Crippen molar-refractivity contribution in [1.29, 1.82) is 0 Å². The molecule has 1 heterocycles. The first-order valence-corrected chi connectivity index (χ1v) is 8.89. The number of hydrogen-bond acceptors (Lipinski definition) is 6. The normalized spacial score (nSPS) is 17.1. The van der Waals surface area contributed by atoms with Gasteiger partial charge in [0.1, 0.15) is 6.04 Å². The fraction of sp³-hybridized carbons (Fsp3) is 0.500. The monoisotopic (exact) mass is 357 g/mol. The van der Waals surface area contributed by atoms with E-state index in [-0.39, 0.29) is 6.67 Å². The largest absolute Gasteiger partial charge is 0.480 e. The Morgan fingerprint density at radius 3 is 2.50 bits per heavy atom. The minimum atomic E-state index is -4.34. The highest BCUT2D eigenvalue weighted by Gasteiger charge is 2.38. The smallest absolute Gasteiger partial charge is 0.321 e. The number of nitro groups is 1. The van der Waals surface area contributed by atoms with Gasteiger partial charge in [0.15, 0.2) is 4.90 Å². The third-order valence-electron chi connectivity index (χ3n) is 3.98. The van der Waals surface area contributed by atoms with Crippen LogP contribution >= 0.6 is 0 Å². The lowest BCUT2D eigenvalue weighted by atomic mass is 10.3. The van der Waals surface area contributed by atoms with Crippen molar-refractivity contribution < 1.29 is 23.2 Å². The highest BCUT2D eigenvalue weighted by Crippen LogP contribution is 2.28. The number of carboxylic acids is 1. The number of hydrogen-bond donors (Lipinski definition) is 1. The van der Waals surface area contributed by atoms with E-state index in [1.165, 1.54) is 19.1 Å². The summed E-state index contributed by atoms with van der Waals surface area (Å²) >= 11 is 0. The van der Waals surface area contributed by atoms with E-state index >= 15 is 0 Å². The molecule has 1 aromatic carbocycles. The van der Waals surface area contributed by atoms with Crippen molar-refractivity contribution in [2.75, 3.05) is 19.8 Å². The van der Waals surface area contributed by atoms with Crippen LogP contribution in [0.3, 0.4) is 0 Å². The zero-order chi connectivity index (χ0) is 17.9. The fourth-order valence-electron chi connectivity index (χ4n) is 2.60. The van der Waals surface area contributed by atoms with E-state index in [0.717, 1.165) is 29.3 Å². The summed E-state index contributed by atoms with van der Waals surface area (Å²) in [5, 5.41) is 20.4. The van der Waals surface area contributed by atoms with Crippen molar-refractivity contribution in [2.45, 2.75) is 30.7 Å². The van der Waals surface area contributed by atoms with Gasteiger partial charge in [0, 0.05) is 6.07 Å². The Kier molecular flexibility index (Phi) is 5.52. The number of carbonyl (C=O) groups is 1. The van der Waals surface area contributed by atoms with Crippen LogP contribution in [0.4, 0.5) is 5.69 Å². The second-order valence-corrected chi connectivity index (χ2v) is 7.46. The van der Waals surface area contributed by atoms with Crippen molar-refractivity contribution in [3.8, 4) is 0 Å². The summed E-state index contributed by atoms with van der Waals surface area (Å²) in [7, 11) is -4.34. The van der Waals surface area contributed by atoms with Crippen molar-refractivity contribution in [1.82, 2.24) is 9.21 Å². The molecule has 1 N–H and O–H groups in total. The van der Waals surface area contributed by atoms with Crippen molar-refractivity contribution in [2.24, 2.45) is 0 Å². The summed E-state index contributed by atoms with van der Waals surface area (Å²) in [6.07, 6.45) is 1.81. The van der Waals surface area contributed by atoms with Crippen LogP contribution in [-0.2, 0) is 14.8 Å². The van der Waals surface area contributed by atoms with Crippen LogP contribution in [0.2, 0.25) is 0 Å². The van der Waals surface area contributed by atoms with E-state index < -0.39 is 37.5 Å². The highest BCUT2D eigenvalue weighted by atomic mass is 32.2. The summed E-state index contributed by atoms with van der Waals surface area (Å²) in [6, 6.07) is 3.61. The average Bonchev–Trinajstić information content (AvgIpc) is 3.04. The van der Waals surface area contributed by atoms with Crippen LogP contribution in [0.5, 0.6) is 0 Å². The van der Waals surface area contributed by atoms with Crippen molar-refractivity contribution in [3.05, 3.63) is 34.4 Å². The zero-order valence-corrected chi connectivity index (χ0v) is 14.0. The Hall–Kier alpha value is -2.04. The Labute approximate surface area is 139 Å². The molecule has 0 bridgehead atoms. The van der Waals surface area contributed by atoms with Gasteiger partial charge in [-0.1, -0.05) is 12.1 Å². The van der Waals surface area contributed by atoms with Crippen LogP contribution in [0.25, 0.3) is 0 Å². The first kappa shape index (κ1) is 18.3. The van der Waals surface area contributed by atoms with E-state index in [4.69, 9.17) is 0 Å². The molecule has 1 aliphatic rings. The molecular weight excluding hydrogens is 338 g/mol. The quantitative estimate of drug-likeness (QED) is 0.573. The molecule has 2 rings (SSSR count). The van der Waals surface area contributed by atoms with E-state index in [2.05, 4.69) is 0 Å². The topological polar surface area (TPSA) is 121 Å². The molecule has 1 fully saturated rings. The van der Waals surface area contributed by atoms with Gasteiger partial charge in [-0.3, -0.25) is 19.8 Å². The summed E-state index contributed by atoms with van der Waals surface area (Å²) < 4.78 is 26.7. The Morgan fingerprint density at radius 1 is 1.38 bits per heavy atom. The summed E-state index contributed by atoms with van der Waals surface area (Å²) in [5.41, 5.74) is -0.568. The number of benzene rings is 1. The van der Waals surface area contributed by atoms with Gasteiger partial charge in [0.2, 0.25) is 0 Å². The molecule has 0 spiro atoms. The molecule has 0 aromatic heterocycles. The van der Waals surface area contributed by atoms with Gasteiger partial charge in [0.05, 0.1) is 11.6 Å². The number of sulfonamides is 1. The molecule has 0 saturated carbocycles. The van der Waals surface area contributed by atoms with E-state index in [9.17, 15) is 28.4 Å². The van der Waals surface area contributed by atoms with Gasteiger partial charge in [-0.05, 0) is 38.9 Å². The van der Waals surface area contributed by atoms with Crippen LogP contribution in [0.1, 0.15) is 19.8 Å². The maximum absolute atomic E-state index is 12.9. The van der Waals surface area contributed by atoms with E-state index in [1.807, 2.05) is 4.90 Å². The number of aliphatic carboxylic acids is 1. The zero-order valence-electron chi connectivity index (χ0n) is 13.2. The molecule has 132 valence electrons. The van der Waals surface area contributed by atoms with Crippen molar-refractivity contribution in [3.63, 3.8) is 0 Å². The number of para-hydroxylation sites is 1. The summed E-state index contributed by atoms with van der Waals surface area (Å²) in [5.74, 6) is -1.31. The predicted molar refractivity (Wildman–Crippen MR) is 84.9 cm³/mol. The standard InChI is InChI=1S/C14H19N3O6S/c1-11(14(18)19)16(10-15-8-4-5-9-15)24(22,23)13-7-3-2-6-12(13)17(20)21/h2-3,6-7,11H,4-5,8-10H2,1H3,(H,18,19)/t11-/m0/s1. The number of nitrogens with zero attached hydrogens (tertiary/aromatic N) is 3. The van der Waals surface area contributed by atoms with Crippen LogP contribution in [0.15, 0.2) is 29.2 Å². The van der Waals surface area contributed by atoms with Gasteiger partial charge >= 0.3 is 5.97 Å². The van der Waals surface area contributed by atoms with Crippen molar-refractivity contribution >= 4 is 21.7 Å². The third kappa shape index (κ3) is 3.71. The Balaban J connectivity index is 2.46. The minimum Gasteiger partial charge on any atom is -0.480 e. The highest BCUT2D eigenvalue weighted by molar-refractivity contribution is 7.89. The molecule has 0 radical (unpaired) electrons. The maximum Gasteiger partial charge on any atom is 0.321 e. The Morgan fingerprint density at radius 2 is 1.96 bits per heavy atom. The summed E-state index contributed by atoms with van der Waals surface area (Å²) in [6.45, 7) is 2.47. The molecule has 0 aliphatic carbocycles. The van der Waals surface area contributed by atoms with E-state index in [0.29, 0.717) is 13.1 Å². The van der Waals surface area contributed by atoms with Crippen LogP contribution in [0, 0.1) is 10.1 Å². The Bertz CT molecular complexity index is 730. The molecule has 10 heteroatoms. The van der Waals surface area contributed by atoms with Gasteiger partial charge in [0.25, 0.3) is 15.7 Å². The molecular formula is C14H19N3O6S. The molecule has 9 nitrogen and oxygen atoms in total. The van der Waals surface area contributed by atoms with Gasteiger partial charge in [-0.2, -0.15) is 4.31 Å². The molecule has 1 aliphatic heterocycles. The number of rotatable bonds is 7. The lowest BCUT2D eigenvalue weighted by molar-refractivity contribution is -0.387. The molecule has 1 aromatic rings. The van der Waals surface area contributed by atoms with Gasteiger partial charge < -0.3 is 5.11 Å². The fourth-order valence-corrected chi connectivity index (χ4v) is 4.34. The molecule has 1 atom stereocenters. The minimum absolute atomic E-state index is 0.109. The van der Waals surface area contributed by atoms with Crippen LogP contribution < -0.4 is 0 Å². The lowest BCUT2D eigenvalue weighted by Crippen LogP contribution is -2.48. The number of carboxylic acid groups (broad SMARTS) is 1. The molecule has 0 amide bonds. The second-order valence-electron chi connectivity index (χ2n) is 5.60. The predicted octanol–water partition coefficient (Wildman–Crippen LogP) is 1.11. The molecule has 0 unspecified atom stereocenters. The van der Waals surface area contributed by atoms with E-state index in [1.54, 1.807) is 0 Å². The first-order chi connectivity index (χ1) is 11.2. The first-order valence-electron chi connectivity index (χ1n) is 7.45. The average molecular weight is 357 g/mol. The SMILES string of the molecule is C[C@@H](C(=O)O)N(CN1CCCC1)S(=O)(=O)c1ccccc1[N+](=O)[O-]. The number of likely N-dealkylation sites (tertiary alicyclic amines) is 1. The number of nitro benzene ring substituents is 1. The summed E-state index contributed by atoms with van der Waals surface area (Å²) in [4.78, 5) is 23.0. The van der Waals surface area contributed by atoms with Crippen LogP contribution in [-0.4, -0.2) is 59.4 Å². The lowest BCUT2D eigenvalue weighted by Gasteiger charge is -2.29. The van der Waals surface area contributed by atoms with Gasteiger partial charge in [-0.15, -0.1) is 0 Å². The van der Waals surface area contributed by atoms with Gasteiger partial charge in [-0.25, -0.2) is 8.42 Å². The molecule has 1 saturated heterocycles. The molecule has 24 heavy (non-hydrogen) atoms.